The third-order valence-corrected chi connectivity index (χ3v) is 6.10. The van der Waals surface area contributed by atoms with E-state index in [0.717, 1.165) is 69.3 Å². The molecule has 0 unspecified atom stereocenters. The minimum Gasteiger partial charge on any atom is -0.498 e. The minimum absolute atomic E-state index is 0.0585. The van der Waals surface area contributed by atoms with E-state index in [9.17, 15) is 9.59 Å². The Kier molecular flexibility index (Phi) is 13.4. The fourth-order valence-corrected chi connectivity index (χ4v) is 3.97. The summed E-state index contributed by atoms with van der Waals surface area (Å²) < 4.78 is 22.2. The highest BCUT2D eigenvalue weighted by atomic mass is 16.5. The van der Waals surface area contributed by atoms with Crippen LogP contribution in [0.5, 0.6) is 11.5 Å². The molecule has 0 aromatic heterocycles. The molecule has 35 heavy (non-hydrogen) atoms. The zero-order chi connectivity index (χ0) is 25.3. The zero-order valence-electron chi connectivity index (χ0n) is 21.0. The van der Waals surface area contributed by atoms with Gasteiger partial charge in [0, 0.05) is 12.5 Å². The summed E-state index contributed by atoms with van der Waals surface area (Å²) in [5.41, 5.74) is 0. The first kappa shape index (κ1) is 28.2. The van der Waals surface area contributed by atoms with Crippen molar-refractivity contribution in [2.24, 2.45) is 11.8 Å². The lowest BCUT2D eigenvalue weighted by atomic mass is 9.82. The monoisotopic (exact) mass is 484 g/mol. The summed E-state index contributed by atoms with van der Waals surface area (Å²) in [6.45, 7) is 10.9. The van der Waals surface area contributed by atoms with Crippen LogP contribution in [-0.2, 0) is 19.1 Å². The molecular weight excluding hydrogens is 444 g/mol. The molecule has 6 heteroatoms. The molecule has 6 nitrogen and oxygen atoms in total. The molecular formula is C29H40O6. The van der Waals surface area contributed by atoms with Crippen LogP contribution in [0.25, 0.3) is 0 Å². The predicted octanol–water partition coefficient (Wildman–Crippen LogP) is 6.56. The van der Waals surface area contributed by atoms with Gasteiger partial charge in [-0.1, -0.05) is 26.2 Å². The largest absolute Gasteiger partial charge is 0.498 e. The Morgan fingerprint density at radius 2 is 1.57 bits per heavy atom. The number of allylic oxidation sites excluding steroid dienone is 3. The molecule has 0 atom stereocenters. The van der Waals surface area contributed by atoms with Crippen molar-refractivity contribution in [1.82, 2.24) is 0 Å². The van der Waals surface area contributed by atoms with Crippen LogP contribution in [0.2, 0.25) is 0 Å². The van der Waals surface area contributed by atoms with E-state index in [4.69, 9.17) is 18.9 Å². The van der Waals surface area contributed by atoms with Crippen molar-refractivity contribution in [3.8, 4) is 11.5 Å². The van der Waals surface area contributed by atoms with E-state index in [-0.39, 0.29) is 17.9 Å². The van der Waals surface area contributed by atoms with Crippen molar-refractivity contribution in [2.75, 3.05) is 19.8 Å². The van der Waals surface area contributed by atoms with E-state index in [1.54, 1.807) is 18.2 Å². The second kappa shape index (κ2) is 16.6. The number of ether oxygens (including phenoxy) is 4. The van der Waals surface area contributed by atoms with E-state index in [0.29, 0.717) is 31.5 Å². The number of esters is 2. The Hall–Kier alpha value is -3.02. The van der Waals surface area contributed by atoms with E-state index in [2.05, 4.69) is 20.1 Å². The first-order valence-corrected chi connectivity index (χ1v) is 12.7. The van der Waals surface area contributed by atoms with Gasteiger partial charge in [-0.05, 0) is 87.6 Å². The molecule has 0 amide bonds. The fourth-order valence-electron chi connectivity index (χ4n) is 3.97. The van der Waals surface area contributed by atoms with Gasteiger partial charge in [0.05, 0.1) is 31.5 Å². The second-order valence-corrected chi connectivity index (χ2v) is 8.78. The maximum Gasteiger partial charge on any atom is 0.330 e. The first-order valence-electron chi connectivity index (χ1n) is 12.7. The number of carbonyl (C=O) groups is 2. The van der Waals surface area contributed by atoms with Gasteiger partial charge >= 0.3 is 11.9 Å². The lowest BCUT2D eigenvalue weighted by Crippen LogP contribution is -2.27. The van der Waals surface area contributed by atoms with Gasteiger partial charge in [0.15, 0.2) is 0 Å². The Morgan fingerprint density at radius 3 is 2.20 bits per heavy atom. The van der Waals surface area contributed by atoms with Gasteiger partial charge in [-0.25, -0.2) is 4.79 Å². The molecule has 0 spiro atoms. The van der Waals surface area contributed by atoms with Crippen LogP contribution in [0, 0.1) is 11.8 Å². The topological polar surface area (TPSA) is 71.1 Å². The number of benzene rings is 1. The molecule has 1 aliphatic carbocycles. The van der Waals surface area contributed by atoms with Gasteiger partial charge in [-0.2, -0.15) is 0 Å². The van der Waals surface area contributed by atoms with Crippen molar-refractivity contribution in [2.45, 2.75) is 64.7 Å². The molecule has 192 valence electrons. The lowest BCUT2D eigenvalue weighted by Gasteiger charge is -2.27. The minimum atomic E-state index is -0.376. The Bertz CT molecular complexity index is 818. The maximum absolute atomic E-state index is 12.6. The van der Waals surface area contributed by atoms with Crippen molar-refractivity contribution < 1.29 is 28.5 Å². The van der Waals surface area contributed by atoms with Crippen LogP contribution in [-0.4, -0.2) is 31.8 Å². The summed E-state index contributed by atoms with van der Waals surface area (Å²) in [6, 6.07) is 7.21. The molecule has 1 saturated carbocycles. The molecule has 1 fully saturated rings. The predicted molar refractivity (Wildman–Crippen MR) is 137 cm³/mol. The van der Waals surface area contributed by atoms with Crippen molar-refractivity contribution in [3.63, 3.8) is 0 Å². The van der Waals surface area contributed by atoms with Gasteiger partial charge in [0.1, 0.15) is 11.5 Å². The highest BCUT2D eigenvalue weighted by Crippen LogP contribution is 2.31. The lowest BCUT2D eigenvalue weighted by molar-refractivity contribution is -0.140. The number of rotatable bonds is 16. The Morgan fingerprint density at radius 1 is 0.914 bits per heavy atom. The quantitative estimate of drug-likeness (QED) is 0.0660. The second-order valence-electron chi connectivity index (χ2n) is 8.78. The fraction of sp³-hybridized carbons (Fsp3) is 0.517. The standard InChI is InChI=1S/C29H40O6/c1-4-11-25(5-2)34-22-23-12-14-24(15-13-23)29(31)35-27-18-16-26(17-19-27)32-20-9-7-8-10-21-33-28(30)6-3/h4,6,11,16-19,23-24H,1,3,5,7-10,12-15,20-22H2,2H3/b25-11+. The highest BCUT2D eigenvalue weighted by molar-refractivity contribution is 5.81. The van der Waals surface area contributed by atoms with Gasteiger partial charge in [0.25, 0.3) is 0 Å². The summed E-state index contributed by atoms with van der Waals surface area (Å²) in [5.74, 6) is 2.14. The van der Waals surface area contributed by atoms with E-state index in [1.165, 1.54) is 6.08 Å². The van der Waals surface area contributed by atoms with Gasteiger partial charge in [0.2, 0.25) is 0 Å². The van der Waals surface area contributed by atoms with E-state index in [1.807, 2.05) is 18.2 Å². The molecule has 1 aromatic rings. The third kappa shape index (κ3) is 11.3. The summed E-state index contributed by atoms with van der Waals surface area (Å²) in [7, 11) is 0. The molecule has 0 N–H and O–H groups in total. The first-order chi connectivity index (χ1) is 17.0. The SMILES string of the molecule is C=C/C=C(\CC)OCC1CCC(C(=O)Oc2ccc(OCCCCCCOC(=O)C=C)cc2)CC1. The molecule has 0 radical (unpaired) electrons. The third-order valence-electron chi connectivity index (χ3n) is 6.10. The van der Waals surface area contributed by atoms with Crippen LogP contribution < -0.4 is 9.47 Å². The van der Waals surface area contributed by atoms with Crippen LogP contribution in [0.4, 0.5) is 0 Å². The number of unbranched alkanes of at least 4 members (excludes halogenated alkanes) is 3. The molecule has 1 aromatic carbocycles. The highest BCUT2D eigenvalue weighted by Gasteiger charge is 2.28. The molecule has 0 saturated heterocycles. The van der Waals surface area contributed by atoms with E-state index < -0.39 is 0 Å². The molecule has 0 heterocycles. The number of carbonyl (C=O) groups excluding carboxylic acids is 2. The Labute approximate surface area is 210 Å². The van der Waals surface area contributed by atoms with Gasteiger partial charge < -0.3 is 18.9 Å². The number of hydrogen-bond donors (Lipinski definition) is 0. The van der Waals surface area contributed by atoms with Crippen LogP contribution in [0.1, 0.15) is 64.7 Å². The van der Waals surface area contributed by atoms with Crippen LogP contribution in [0.15, 0.2) is 61.4 Å². The zero-order valence-corrected chi connectivity index (χ0v) is 21.0. The number of hydrogen-bond acceptors (Lipinski definition) is 6. The molecule has 2 rings (SSSR count). The van der Waals surface area contributed by atoms with Crippen molar-refractivity contribution in [3.05, 3.63) is 61.4 Å². The van der Waals surface area contributed by atoms with Crippen LogP contribution >= 0.6 is 0 Å². The molecule has 0 bridgehead atoms. The average Bonchev–Trinajstić information content (AvgIpc) is 2.89. The molecule has 0 aliphatic heterocycles. The maximum atomic E-state index is 12.6. The summed E-state index contributed by atoms with van der Waals surface area (Å²) in [5, 5.41) is 0. The van der Waals surface area contributed by atoms with E-state index >= 15 is 0 Å². The summed E-state index contributed by atoms with van der Waals surface area (Å²) in [4.78, 5) is 23.5. The Balaban J connectivity index is 1.60. The smallest absolute Gasteiger partial charge is 0.330 e. The average molecular weight is 485 g/mol. The van der Waals surface area contributed by atoms with Crippen molar-refractivity contribution >= 4 is 11.9 Å². The van der Waals surface area contributed by atoms with Gasteiger partial charge in [-0.3, -0.25) is 4.79 Å². The van der Waals surface area contributed by atoms with Gasteiger partial charge in [-0.15, -0.1) is 0 Å². The van der Waals surface area contributed by atoms with Crippen LogP contribution in [0.3, 0.4) is 0 Å². The van der Waals surface area contributed by atoms with Crippen molar-refractivity contribution in [1.29, 1.82) is 0 Å². The molecule has 1 aliphatic rings. The summed E-state index contributed by atoms with van der Waals surface area (Å²) in [6.07, 6.45) is 13.0. The summed E-state index contributed by atoms with van der Waals surface area (Å²) >= 11 is 0. The normalized spacial score (nSPS) is 17.8.